The first-order valence-corrected chi connectivity index (χ1v) is 6.81. The summed E-state index contributed by atoms with van der Waals surface area (Å²) in [5.41, 5.74) is 0.419. The van der Waals surface area contributed by atoms with E-state index in [-0.39, 0.29) is 5.56 Å². The minimum absolute atomic E-state index is 0.0527. The zero-order valence-electron chi connectivity index (χ0n) is 9.23. The third kappa shape index (κ3) is 2.91. The monoisotopic (exact) mass is 368 g/mol. The van der Waals surface area contributed by atoms with Crippen LogP contribution in [0, 0.1) is 17.5 Å². The predicted octanol–water partition coefficient (Wildman–Crippen LogP) is 5.90. The average molecular weight is 370 g/mol. The van der Waals surface area contributed by atoms with Gasteiger partial charge < -0.3 is 0 Å². The van der Waals surface area contributed by atoms with E-state index in [9.17, 15) is 13.2 Å². The first kappa shape index (κ1) is 14.7. The molecule has 0 radical (unpaired) electrons. The Morgan fingerprint density at radius 2 is 1.58 bits per heavy atom. The summed E-state index contributed by atoms with van der Waals surface area (Å²) in [6, 6.07) is 6.68. The molecule has 1 unspecified atom stereocenters. The van der Waals surface area contributed by atoms with E-state index in [4.69, 9.17) is 23.2 Å². The summed E-state index contributed by atoms with van der Waals surface area (Å²) in [6.07, 6.45) is 0. The molecule has 100 valence electrons. The Balaban J connectivity index is 2.53. The van der Waals surface area contributed by atoms with Crippen molar-refractivity contribution in [3.63, 3.8) is 0 Å². The molecule has 0 saturated heterocycles. The Morgan fingerprint density at radius 3 is 2.26 bits per heavy atom. The second kappa shape index (κ2) is 5.73. The fraction of sp³-hybridized carbons (Fsp3) is 0.0769. The van der Waals surface area contributed by atoms with Crippen molar-refractivity contribution in [2.75, 3.05) is 0 Å². The maximum atomic E-state index is 13.7. The lowest BCUT2D eigenvalue weighted by atomic mass is 10.0. The molecule has 0 aliphatic rings. The molecule has 0 aliphatic carbocycles. The van der Waals surface area contributed by atoms with Crippen molar-refractivity contribution in [2.45, 2.75) is 4.83 Å². The number of rotatable bonds is 2. The molecule has 0 saturated carbocycles. The highest BCUT2D eigenvalue weighted by Crippen LogP contribution is 2.38. The highest BCUT2D eigenvalue weighted by Gasteiger charge is 2.22. The second-order valence-electron chi connectivity index (χ2n) is 3.79. The van der Waals surface area contributed by atoms with Gasteiger partial charge in [-0.1, -0.05) is 45.2 Å². The molecule has 2 aromatic rings. The summed E-state index contributed by atoms with van der Waals surface area (Å²) in [5.74, 6) is -4.00. The zero-order chi connectivity index (χ0) is 14.2. The van der Waals surface area contributed by atoms with Crippen LogP contribution in [0.1, 0.15) is 16.0 Å². The van der Waals surface area contributed by atoms with E-state index < -0.39 is 22.3 Å². The van der Waals surface area contributed by atoms with E-state index in [1.54, 1.807) is 12.1 Å². The van der Waals surface area contributed by atoms with Crippen molar-refractivity contribution in [3.05, 3.63) is 69.0 Å². The molecule has 0 N–H and O–H groups in total. The van der Waals surface area contributed by atoms with E-state index >= 15 is 0 Å². The molecule has 19 heavy (non-hydrogen) atoms. The second-order valence-corrected chi connectivity index (χ2v) is 5.55. The van der Waals surface area contributed by atoms with Gasteiger partial charge in [-0.25, -0.2) is 13.2 Å². The topological polar surface area (TPSA) is 0 Å². The minimum Gasteiger partial charge on any atom is -0.204 e. The van der Waals surface area contributed by atoms with Gasteiger partial charge in [-0.3, -0.25) is 0 Å². The largest absolute Gasteiger partial charge is 0.204 e. The zero-order valence-corrected chi connectivity index (χ0v) is 12.3. The number of alkyl halides is 1. The lowest BCUT2D eigenvalue weighted by Gasteiger charge is -2.14. The molecule has 0 heterocycles. The molecule has 0 fully saturated rings. The summed E-state index contributed by atoms with van der Waals surface area (Å²) >= 11 is 15.0. The van der Waals surface area contributed by atoms with Crippen molar-refractivity contribution in [1.29, 1.82) is 0 Å². The Kier molecular flexibility index (Phi) is 4.43. The van der Waals surface area contributed by atoms with Crippen LogP contribution in [-0.4, -0.2) is 0 Å². The first-order valence-electron chi connectivity index (χ1n) is 5.14. The van der Waals surface area contributed by atoms with Crippen molar-refractivity contribution in [2.24, 2.45) is 0 Å². The molecule has 2 aromatic carbocycles. The number of hydrogen-bond acceptors (Lipinski definition) is 0. The van der Waals surface area contributed by atoms with Crippen LogP contribution in [0.5, 0.6) is 0 Å². The predicted molar refractivity (Wildman–Crippen MR) is 73.5 cm³/mol. The summed E-state index contributed by atoms with van der Waals surface area (Å²) in [5, 5.41) is 0.752. The first-order chi connectivity index (χ1) is 8.91. The van der Waals surface area contributed by atoms with E-state index in [2.05, 4.69) is 15.9 Å². The van der Waals surface area contributed by atoms with E-state index in [0.717, 1.165) is 12.1 Å². The van der Waals surface area contributed by atoms with Gasteiger partial charge in [-0.15, -0.1) is 0 Å². The summed E-state index contributed by atoms with van der Waals surface area (Å²) in [7, 11) is 0. The quantitative estimate of drug-likeness (QED) is 0.457. The Hall–Kier alpha value is -0.710. The molecule has 0 aliphatic heterocycles. The average Bonchev–Trinajstić information content (AvgIpc) is 2.38. The Morgan fingerprint density at radius 1 is 0.895 bits per heavy atom. The highest BCUT2D eigenvalue weighted by molar-refractivity contribution is 9.09. The lowest BCUT2D eigenvalue weighted by Crippen LogP contribution is -2.02. The normalized spacial score (nSPS) is 12.5. The van der Waals surface area contributed by atoms with E-state index in [1.807, 2.05) is 0 Å². The van der Waals surface area contributed by atoms with Crippen LogP contribution in [0.2, 0.25) is 10.0 Å². The van der Waals surface area contributed by atoms with Crippen LogP contribution in [0.4, 0.5) is 13.2 Å². The van der Waals surface area contributed by atoms with Gasteiger partial charge in [0.15, 0.2) is 17.5 Å². The molecular weight excluding hydrogens is 364 g/mol. The van der Waals surface area contributed by atoms with Crippen LogP contribution < -0.4 is 0 Å². The number of halogens is 6. The van der Waals surface area contributed by atoms with Gasteiger partial charge in [0.05, 0.1) is 4.83 Å². The lowest BCUT2D eigenvalue weighted by molar-refractivity contribution is 0.442. The third-order valence-electron chi connectivity index (χ3n) is 2.57. The van der Waals surface area contributed by atoms with Crippen LogP contribution in [0.3, 0.4) is 0 Å². The fourth-order valence-corrected chi connectivity index (χ4v) is 2.88. The van der Waals surface area contributed by atoms with Gasteiger partial charge >= 0.3 is 0 Å². The van der Waals surface area contributed by atoms with E-state index in [1.165, 1.54) is 6.07 Å². The smallest absolute Gasteiger partial charge is 0.194 e. The standard InChI is InChI=1S/C13H6BrCl2F3/c14-11(8-5-6(15)1-3-9(8)16)7-2-4-10(17)13(19)12(7)18/h1-5,11H. The summed E-state index contributed by atoms with van der Waals surface area (Å²) < 4.78 is 39.8. The summed E-state index contributed by atoms with van der Waals surface area (Å²) in [4.78, 5) is -0.728. The van der Waals surface area contributed by atoms with Gasteiger partial charge in [0.2, 0.25) is 0 Å². The molecule has 0 aromatic heterocycles. The maximum absolute atomic E-state index is 13.7. The van der Waals surface area contributed by atoms with Gasteiger partial charge in [0.1, 0.15) is 0 Å². The SMILES string of the molecule is Fc1ccc(C(Br)c2cc(Cl)ccc2Cl)c(F)c1F. The van der Waals surface area contributed by atoms with Crippen LogP contribution in [0.25, 0.3) is 0 Å². The van der Waals surface area contributed by atoms with Crippen LogP contribution in [0.15, 0.2) is 30.3 Å². The van der Waals surface area contributed by atoms with Gasteiger partial charge in [0, 0.05) is 15.6 Å². The van der Waals surface area contributed by atoms with Crippen molar-refractivity contribution in [1.82, 2.24) is 0 Å². The van der Waals surface area contributed by atoms with Crippen LogP contribution >= 0.6 is 39.1 Å². The minimum atomic E-state index is -1.51. The maximum Gasteiger partial charge on any atom is 0.194 e. The van der Waals surface area contributed by atoms with Crippen LogP contribution in [-0.2, 0) is 0 Å². The Bertz CT molecular complexity index is 632. The molecule has 0 bridgehead atoms. The van der Waals surface area contributed by atoms with Gasteiger partial charge in [-0.05, 0) is 29.8 Å². The summed E-state index contributed by atoms with van der Waals surface area (Å²) in [6.45, 7) is 0. The molecule has 0 spiro atoms. The van der Waals surface area contributed by atoms with Crippen molar-refractivity contribution < 1.29 is 13.2 Å². The molecule has 2 rings (SSSR count). The molecule has 0 amide bonds. The highest BCUT2D eigenvalue weighted by atomic mass is 79.9. The molecule has 6 heteroatoms. The molecular formula is C13H6BrCl2F3. The third-order valence-corrected chi connectivity index (χ3v) is 4.14. The number of hydrogen-bond donors (Lipinski definition) is 0. The molecule has 0 nitrogen and oxygen atoms in total. The number of benzene rings is 2. The van der Waals surface area contributed by atoms with Crippen molar-refractivity contribution in [3.8, 4) is 0 Å². The van der Waals surface area contributed by atoms with E-state index in [0.29, 0.717) is 15.6 Å². The van der Waals surface area contributed by atoms with Gasteiger partial charge in [0.25, 0.3) is 0 Å². The fourth-order valence-electron chi connectivity index (χ4n) is 1.61. The Labute approximate surface area is 126 Å². The van der Waals surface area contributed by atoms with Gasteiger partial charge in [-0.2, -0.15) is 0 Å². The van der Waals surface area contributed by atoms with Crippen molar-refractivity contribution >= 4 is 39.1 Å². The molecule has 1 atom stereocenters.